The molecule has 7 heteroatoms. The number of nitrogens with one attached hydrogen (secondary N) is 2. The lowest BCUT2D eigenvalue weighted by Crippen LogP contribution is -2.48. The Bertz CT molecular complexity index is 606. The van der Waals surface area contributed by atoms with Crippen LogP contribution in [-0.2, 0) is 4.74 Å². The van der Waals surface area contributed by atoms with Crippen LogP contribution in [-0.4, -0.2) is 24.3 Å². The summed E-state index contributed by atoms with van der Waals surface area (Å²) >= 11 is 5.82. The van der Waals surface area contributed by atoms with Crippen LogP contribution in [0.1, 0.15) is 38.5 Å². The van der Waals surface area contributed by atoms with Gasteiger partial charge >= 0.3 is 6.03 Å². The maximum absolute atomic E-state index is 13.2. The van der Waals surface area contributed by atoms with E-state index in [-0.39, 0.29) is 22.4 Å². The first-order valence-corrected chi connectivity index (χ1v) is 8.21. The monoisotopic (exact) mass is 344 g/mol. The van der Waals surface area contributed by atoms with Crippen molar-refractivity contribution >= 4 is 23.3 Å². The average Bonchev–Trinajstić information content (AvgIpc) is 2.92. The van der Waals surface area contributed by atoms with Crippen molar-refractivity contribution in [1.29, 1.82) is 0 Å². The van der Waals surface area contributed by atoms with Crippen LogP contribution in [0.25, 0.3) is 0 Å². The van der Waals surface area contributed by atoms with Crippen molar-refractivity contribution in [3.8, 4) is 0 Å². The van der Waals surface area contributed by atoms with Gasteiger partial charge in [0.15, 0.2) is 11.6 Å². The summed E-state index contributed by atoms with van der Waals surface area (Å²) in [4.78, 5) is 12.1. The Morgan fingerprint density at radius 1 is 1.26 bits per heavy atom. The molecule has 1 heterocycles. The fourth-order valence-electron chi connectivity index (χ4n) is 3.48. The molecule has 1 atom stereocenters. The van der Waals surface area contributed by atoms with Gasteiger partial charge in [0.2, 0.25) is 0 Å². The molecule has 23 heavy (non-hydrogen) atoms. The molecule has 2 N–H and O–H groups in total. The number of urea groups is 1. The maximum atomic E-state index is 13.2. The van der Waals surface area contributed by atoms with E-state index in [4.69, 9.17) is 16.3 Å². The molecule has 1 aromatic carbocycles. The van der Waals surface area contributed by atoms with Crippen molar-refractivity contribution in [3.05, 3.63) is 28.8 Å². The van der Waals surface area contributed by atoms with Crippen LogP contribution < -0.4 is 10.6 Å². The summed E-state index contributed by atoms with van der Waals surface area (Å²) in [7, 11) is 0. The van der Waals surface area contributed by atoms with Gasteiger partial charge in [0.25, 0.3) is 0 Å². The third-order valence-corrected chi connectivity index (χ3v) is 4.91. The lowest BCUT2D eigenvalue weighted by molar-refractivity contribution is -0.0818. The summed E-state index contributed by atoms with van der Waals surface area (Å²) in [6.07, 6.45) is 5.89. The number of halogens is 3. The predicted octanol–water partition coefficient (Wildman–Crippen LogP) is 4.23. The van der Waals surface area contributed by atoms with E-state index in [9.17, 15) is 13.6 Å². The van der Waals surface area contributed by atoms with Gasteiger partial charge in [-0.15, -0.1) is 0 Å². The van der Waals surface area contributed by atoms with Crippen LogP contribution in [0, 0.1) is 11.6 Å². The normalized spacial score (nSPS) is 23.0. The van der Waals surface area contributed by atoms with Crippen molar-refractivity contribution < 1.29 is 18.3 Å². The molecule has 1 aromatic rings. The summed E-state index contributed by atoms with van der Waals surface area (Å²) in [5.41, 5.74) is -0.0544. The SMILES string of the molecule is O=C(Nc1cc(F)c(F)cc1Cl)NC1CCOC2(CCCC2)C1. The molecule has 1 saturated carbocycles. The highest BCUT2D eigenvalue weighted by Gasteiger charge is 2.40. The van der Waals surface area contributed by atoms with Gasteiger partial charge in [-0.25, -0.2) is 13.6 Å². The third kappa shape index (κ3) is 3.75. The number of hydrogen-bond acceptors (Lipinski definition) is 2. The molecule has 0 aromatic heterocycles. The van der Waals surface area contributed by atoms with Gasteiger partial charge in [-0.3, -0.25) is 0 Å². The molecule has 126 valence electrons. The van der Waals surface area contributed by atoms with Crippen molar-refractivity contribution in [2.75, 3.05) is 11.9 Å². The number of carbonyl (C=O) groups excluding carboxylic acids is 1. The Kier molecular flexibility index (Phi) is 4.73. The maximum Gasteiger partial charge on any atom is 0.319 e. The number of amides is 2. The van der Waals surface area contributed by atoms with Crippen LogP contribution in [0.15, 0.2) is 12.1 Å². The van der Waals surface area contributed by atoms with Gasteiger partial charge in [0.1, 0.15) is 0 Å². The summed E-state index contributed by atoms with van der Waals surface area (Å²) in [6.45, 7) is 0.622. The number of hydrogen-bond donors (Lipinski definition) is 2. The summed E-state index contributed by atoms with van der Waals surface area (Å²) in [5, 5.41) is 5.31. The molecule has 3 rings (SSSR count). The van der Waals surface area contributed by atoms with E-state index in [2.05, 4.69) is 10.6 Å². The van der Waals surface area contributed by atoms with E-state index in [0.717, 1.165) is 50.7 Å². The van der Waals surface area contributed by atoms with Gasteiger partial charge in [-0.05, 0) is 31.7 Å². The standard InChI is InChI=1S/C16H19ClF2N2O2/c17-11-7-12(18)13(19)8-14(11)21-15(22)20-10-3-6-23-16(9-10)4-1-2-5-16/h7-8,10H,1-6,9H2,(H2,20,21,22). The average molecular weight is 345 g/mol. The van der Waals surface area contributed by atoms with E-state index in [0.29, 0.717) is 6.61 Å². The first kappa shape index (κ1) is 16.5. The molecule has 4 nitrogen and oxygen atoms in total. The molecule has 0 radical (unpaired) electrons. The minimum absolute atomic E-state index is 0.00548. The lowest BCUT2D eigenvalue weighted by atomic mass is 9.89. The fraction of sp³-hybridized carbons (Fsp3) is 0.562. The highest BCUT2D eigenvalue weighted by Crippen LogP contribution is 2.40. The van der Waals surface area contributed by atoms with Crippen molar-refractivity contribution in [3.63, 3.8) is 0 Å². The Hall–Kier alpha value is -1.40. The molecule has 0 bridgehead atoms. The van der Waals surface area contributed by atoms with E-state index < -0.39 is 17.7 Å². The van der Waals surface area contributed by atoms with Crippen LogP contribution in [0.4, 0.5) is 19.3 Å². The lowest BCUT2D eigenvalue weighted by Gasteiger charge is -2.38. The molecule has 2 fully saturated rings. The summed E-state index contributed by atoms with van der Waals surface area (Å²) < 4.78 is 32.2. The quantitative estimate of drug-likeness (QED) is 0.789. The van der Waals surface area contributed by atoms with Gasteiger partial charge in [0, 0.05) is 18.7 Å². The molecule has 1 unspecified atom stereocenters. The number of ether oxygens (including phenoxy) is 1. The topological polar surface area (TPSA) is 50.4 Å². The van der Waals surface area contributed by atoms with Crippen LogP contribution in [0.2, 0.25) is 5.02 Å². The number of anilines is 1. The molecule has 1 spiro atoms. The number of rotatable bonds is 2. The van der Waals surface area contributed by atoms with E-state index in [1.807, 2.05) is 0 Å². The largest absolute Gasteiger partial charge is 0.375 e. The molecule has 1 aliphatic carbocycles. The van der Waals surface area contributed by atoms with Crippen LogP contribution in [0.5, 0.6) is 0 Å². The first-order chi connectivity index (χ1) is 11.0. The second kappa shape index (κ2) is 6.61. The summed E-state index contributed by atoms with van der Waals surface area (Å²) in [6, 6.07) is 1.25. The van der Waals surface area contributed by atoms with Gasteiger partial charge < -0.3 is 15.4 Å². The number of benzene rings is 1. The van der Waals surface area contributed by atoms with Crippen molar-refractivity contribution in [2.45, 2.75) is 50.2 Å². The van der Waals surface area contributed by atoms with Gasteiger partial charge in [-0.1, -0.05) is 24.4 Å². The minimum Gasteiger partial charge on any atom is -0.375 e. The highest BCUT2D eigenvalue weighted by atomic mass is 35.5. The second-order valence-corrected chi connectivity index (χ2v) is 6.68. The van der Waals surface area contributed by atoms with Crippen LogP contribution in [0.3, 0.4) is 0 Å². The van der Waals surface area contributed by atoms with E-state index in [1.165, 1.54) is 0 Å². The highest BCUT2D eigenvalue weighted by molar-refractivity contribution is 6.33. The minimum atomic E-state index is -1.05. The first-order valence-electron chi connectivity index (χ1n) is 7.83. The molecule has 1 aliphatic heterocycles. The van der Waals surface area contributed by atoms with Gasteiger partial charge in [-0.2, -0.15) is 0 Å². The third-order valence-electron chi connectivity index (χ3n) is 4.60. The van der Waals surface area contributed by atoms with Gasteiger partial charge in [0.05, 0.1) is 16.3 Å². The molecule has 2 aliphatic rings. The Balaban J connectivity index is 1.60. The molecular formula is C16H19ClF2N2O2. The number of carbonyl (C=O) groups is 1. The van der Waals surface area contributed by atoms with E-state index in [1.54, 1.807) is 0 Å². The Morgan fingerprint density at radius 2 is 1.96 bits per heavy atom. The molecular weight excluding hydrogens is 326 g/mol. The predicted molar refractivity (Wildman–Crippen MR) is 83.7 cm³/mol. The smallest absolute Gasteiger partial charge is 0.319 e. The summed E-state index contributed by atoms with van der Waals surface area (Å²) in [5.74, 6) is -2.10. The Morgan fingerprint density at radius 3 is 2.70 bits per heavy atom. The second-order valence-electron chi connectivity index (χ2n) is 6.27. The van der Waals surface area contributed by atoms with Crippen molar-refractivity contribution in [2.24, 2.45) is 0 Å². The van der Waals surface area contributed by atoms with E-state index >= 15 is 0 Å². The van der Waals surface area contributed by atoms with Crippen molar-refractivity contribution in [1.82, 2.24) is 5.32 Å². The zero-order valence-electron chi connectivity index (χ0n) is 12.6. The van der Waals surface area contributed by atoms with Crippen LogP contribution >= 0.6 is 11.6 Å². The fourth-order valence-corrected chi connectivity index (χ4v) is 3.68. The Labute approximate surface area is 138 Å². The zero-order chi connectivity index (χ0) is 16.4. The molecule has 2 amide bonds. The zero-order valence-corrected chi connectivity index (χ0v) is 13.4. The molecule has 1 saturated heterocycles.